The van der Waals surface area contributed by atoms with Crippen LogP contribution in [0.5, 0.6) is 5.75 Å². The lowest BCUT2D eigenvalue weighted by molar-refractivity contribution is -0.172. The fourth-order valence-corrected chi connectivity index (χ4v) is 2.52. The van der Waals surface area contributed by atoms with E-state index in [4.69, 9.17) is 4.74 Å². The molecular weight excluding hydrogens is 276 g/mol. The Morgan fingerprint density at radius 1 is 1.40 bits per heavy atom. The maximum atomic E-state index is 13.5. The number of rotatable bonds is 2. The summed E-state index contributed by atoms with van der Waals surface area (Å²) in [6, 6.07) is 2.42. The molecule has 2 nitrogen and oxygen atoms in total. The molecule has 1 aromatic rings. The van der Waals surface area contributed by atoms with Gasteiger partial charge in [-0.1, -0.05) is 6.92 Å². The molecule has 0 radical (unpaired) electrons. The van der Waals surface area contributed by atoms with E-state index < -0.39 is 29.6 Å². The fraction of sp³-hybridized carbons (Fsp3) is 0.500. The van der Waals surface area contributed by atoms with Gasteiger partial charge in [0.05, 0.1) is 6.61 Å². The van der Waals surface area contributed by atoms with Gasteiger partial charge in [0.25, 0.3) is 0 Å². The summed E-state index contributed by atoms with van der Waals surface area (Å²) in [7, 11) is 0. The summed E-state index contributed by atoms with van der Waals surface area (Å²) in [4.78, 5) is 11.3. The minimum atomic E-state index is -4.87. The third-order valence-electron chi connectivity index (χ3n) is 3.66. The van der Waals surface area contributed by atoms with Crippen molar-refractivity contribution in [2.75, 3.05) is 6.61 Å². The predicted molar refractivity (Wildman–Crippen MR) is 64.3 cm³/mol. The average molecular weight is 290 g/mol. The number of benzene rings is 1. The topological polar surface area (TPSA) is 26.3 Å². The standard InChI is InChI=1S/C14H14F4O2/c1-8-5-9(15)6-10-12(8)20-4-3-13(10,2)7-11(19)14(16,17)18/h5-6H,3-4,7H2,1-2H3. The first-order valence-electron chi connectivity index (χ1n) is 6.17. The number of ether oxygens (including phenoxy) is 1. The van der Waals surface area contributed by atoms with Gasteiger partial charge in [0.1, 0.15) is 11.6 Å². The van der Waals surface area contributed by atoms with Gasteiger partial charge in [0.15, 0.2) is 0 Å². The van der Waals surface area contributed by atoms with Crippen molar-refractivity contribution >= 4 is 5.78 Å². The minimum Gasteiger partial charge on any atom is -0.493 e. The molecule has 1 aliphatic rings. The number of Topliss-reactive ketones (excluding diaryl/α,β-unsaturated/α-hetero) is 1. The number of ketones is 1. The molecule has 0 fully saturated rings. The third kappa shape index (κ3) is 2.64. The van der Waals surface area contributed by atoms with Crippen LogP contribution in [0.15, 0.2) is 12.1 Å². The number of hydrogen-bond acceptors (Lipinski definition) is 2. The lowest BCUT2D eigenvalue weighted by Crippen LogP contribution is -2.37. The highest BCUT2D eigenvalue weighted by Gasteiger charge is 2.45. The summed E-state index contributed by atoms with van der Waals surface area (Å²) < 4.78 is 56.3. The number of carbonyl (C=O) groups is 1. The zero-order chi connectivity index (χ0) is 15.1. The fourth-order valence-electron chi connectivity index (χ4n) is 2.52. The Bertz CT molecular complexity index is 551. The number of alkyl halides is 3. The molecule has 1 heterocycles. The van der Waals surface area contributed by atoms with Crippen LogP contribution in [-0.2, 0) is 10.2 Å². The van der Waals surface area contributed by atoms with E-state index in [0.29, 0.717) is 16.9 Å². The Labute approximate surface area is 113 Å². The van der Waals surface area contributed by atoms with Crippen LogP contribution in [-0.4, -0.2) is 18.6 Å². The molecule has 1 aliphatic heterocycles. The van der Waals surface area contributed by atoms with E-state index in [0.717, 1.165) is 6.07 Å². The molecule has 0 saturated heterocycles. The van der Waals surface area contributed by atoms with Gasteiger partial charge < -0.3 is 4.74 Å². The van der Waals surface area contributed by atoms with Crippen LogP contribution in [0.3, 0.4) is 0 Å². The molecule has 1 atom stereocenters. The van der Waals surface area contributed by atoms with Gasteiger partial charge in [-0.25, -0.2) is 4.39 Å². The molecule has 2 rings (SSSR count). The number of hydrogen-bond donors (Lipinski definition) is 0. The molecule has 0 bridgehead atoms. The van der Waals surface area contributed by atoms with E-state index in [9.17, 15) is 22.4 Å². The second kappa shape index (κ2) is 4.75. The van der Waals surface area contributed by atoms with Gasteiger partial charge in [-0.2, -0.15) is 13.2 Å². The first-order valence-corrected chi connectivity index (χ1v) is 6.17. The second-order valence-electron chi connectivity index (χ2n) is 5.36. The van der Waals surface area contributed by atoms with E-state index >= 15 is 0 Å². The quantitative estimate of drug-likeness (QED) is 0.776. The Kier molecular flexibility index (Phi) is 3.52. The van der Waals surface area contributed by atoms with Crippen LogP contribution in [0.25, 0.3) is 0 Å². The molecule has 0 spiro atoms. The highest BCUT2D eigenvalue weighted by Crippen LogP contribution is 2.44. The van der Waals surface area contributed by atoms with Crippen LogP contribution in [0, 0.1) is 12.7 Å². The molecule has 0 aliphatic carbocycles. The molecule has 0 N–H and O–H groups in total. The van der Waals surface area contributed by atoms with E-state index in [1.54, 1.807) is 6.92 Å². The average Bonchev–Trinajstić information content (AvgIpc) is 2.29. The molecule has 0 saturated carbocycles. The summed E-state index contributed by atoms with van der Waals surface area (Å²) >= 11 is 0. The minimum absolute atomic E-state index is 0.209. The van der Waals surface area contributed by atoms with Crippen molar-refractivity contribution in [2.24, 2.45) is 0 Å². The molecule has 0 amide bonds. The summed E-state index contributed by atoms with van der Waals surface area (Å²) in [5, 5.41) is 0. The smallest absolute Gasteiger partial charge is 0.450 e. The van der Waals surface area contributed by atoms with Crippen molar-refractivity contribution in [1.29, 1.82) is 0 Å². The third-order valence-corrected chi connectivity index (χ3v) is 3.66. The van der Waals surface area contributed by atoms with Gasteiger partial charge in [-0.05, 0) is 31.0 Å². The van der Waals surface area contributed by atoms with Crippen molar-refractivity contribution in [2.45, 2.75) is 38.3 Å². The van der Waals surface area contributed by atoms with Crippen molar-refractivity contribution in [1.82, 2.24) is 0 Å². The van der Waals surface area contributed by atoms with Gasteiger partial charge in [-0.3, -0.25) is 4.79 Å². The van der Waals surface area contributed by atoms with Crippen LogP contribution in [0.4, 0.5) is 17.6 Å². The summed E-state index contributed by atoms with van der Waals surface area (Å²) in [6.07, 6.45) is -5.33. The summed E-state index contributed by atoms with van der Waals surface area (Å²) in [5.41, 5.74) is -0.211. The first-order chi connectivity index (χ1) is 9.13. The van der Waals surface area contributed by atoms with Crippen LogP contribution in [0.2, 0.25) is 0 Å². The Morgan fingerprint density at radius 3 is 2.65 bits per heavy atom. The van der Waals surface area contributed by atoms with Crippen molar-refractivity contribution in [3.63, 3.8) is 0 Å². The maximum absolute atomic E-state index is 13.5. The normalized spacial score (nSPS) is 22.1. The number of fused-ring (bicyclic) bond motifs is 1. The molecule has 20 heavy (non-hydrogen) atoms. The maximum Gasteiger partial charge on any atom is 0.450 e. The summed E-state index contributed by atoms with van der Waals surface area (Å²) in [5.74, 6) is -1.96. The zero-order valence-corrected chi connectivity index (χ0v) is 11.1. The Morgan fingerprint density at radius 2 is 2.05 bits per heavy atom. The lowest BCUT2D eigenvalue weighted by atomic mass is 9.73. The molecule has 1 aromatic carbocycles. The van der Waals surface area contributed by atoms with E-state index in [1.807, 2.05) is 0 Å². The molecule has 1 unspecified atom stereocenters. The van der Waals surface area contributed by atoms with Gasteiger partial charge >= 0.3 is 6.18 Å². The molecule has 0 aromatic heterocycles. The lowest BCUT2D eigenvalue weighted by Gasteiger charge is -2.36. The molecular formula is C14H14F4O2. The molecule has 6 heteroatoms. The van der Waals surface area contributed by atoms with Crippen molar-refractivity contribution in [3.8, 4) is 5.75 Å². The van der Waals surface area contributed by atoms with Crippen molar-refractivity contribution in [3.05, 3.63) is 29.1 Å². The van der Waals surface area contributed by atoms with Crippen LogP contribution >= 0.6 is 0 Å². The number of aryl methyl sites for hydroxylation is 1. The van der Waals surface area contributed by atoms with Gasteiger partial charge in [0.2, 0.25) is 5.78 Å². The van der Waals surface area contributed by atoms with Crippen molar-refractivity contribution < 1.29 is 27.1 Å². The van der Waals surface area contributed by atoms with Gasteiger partial charge in [0, 0.05) is 17.4 Å². The zero-order valence-electron chi connectivity index (χ0n) is 11.1. The molecule has 110 valence electrons. The van der Waals surface area contributed by atoms with Crippen LogP contribution < -0.4 is 4.74 Å². The SMILES string of the molecule is Cc1cc(F)cc2c1OCCC2(C)CC(=O)C(F)(F)F. The predicted octanol–water partition coefficient (Wildman–Crippen LogP) is 3.70. The van der Waals surface area contributed by atoms with E-state index in [2.05, 4.69) is 0 Å². The number of halogens is 4. The van der Waals surface area contributed by atoms with Gasteiger partial charge in [-0.15, -0.1) is 0 Å². The highest BCUT2D eigenvalue weighted by atomic mass is 19.4. The Hall–Kier alpha value is -1.59. The summed E-state index contributed by atoms with van der Waals surface area (Å²) in [6.45, 7) is 3.37. The first kappa shape index (κ1) is 14.8. The van der Waals surface area contributed by atoms with Crippen LogP contribution in [0.1, 0.15) is 30.9 Å². The monoisotopic (exact) mass is 290 g/mol. The van der Waals surface area contributed by atoms with E-state index in [1.165, 1.54) is 13.0 Å². The largest absolute Gasteiger partial charge is 0.493 e. The number of carbonyl (C=O) groups excluding carboxylic acids is 1. The Balaban J connectivity index is 2.43. The highest BCUT2D eigenvalue weighted by molar-refractivity contribution is 5.85. The second-order valence-corrected chi connectivity index (χ2v) is 5.36. The van der Waals surface area contributed by atoms with E-state index in [-0.39, 0.29) is 13.0 Å².